The van der Waals surface area contributed by atoms with Gasteiger partial charge in [-0.25, -0.2) is 16.8 Å². The number of hydrogen-bond acceptors (Lipinski definition) is 10. The molecule has 0 saturated heterocycles. The molecule has 2 aliphatic heterocycles. The Morgan fingerprint density at radius 3 is 1.30 bits per heavy atom. The number of rotatable bonds is 14. The van der Waals surface area contributed by atoms with Crippen molar-refractivity contribution in [3.05, 3.63) is 107 Å². The van der Waals surface area contributed by atoms with Crippen LogP contribution in [0.3, 0.4) is 0 Å². The number of aliphatic hydroxyl groups excluding tert-OH is 2. The maximum Gasteiger partial charge on any atom is 0.230 e. The van der Waals surface area contributed by atoms with E-state index >= 15 is 0 Å². The summed E-state index contributed by atoms with van der Waals surface area (Å²) in [6.07, 6.45) is 3.64. The first kappa shape index (κ1) is 42.5. The predicted molar refractivity (Wildman–Crippen MR) is 225 cm³/mol. The third kappa shape index (κ3) is 8.42. The van der Waals surface area contributed by atoms with E-state index in [2.05, 4.69) is 13.8 Å². The largest absolute Gasteiger partial charge is 0.458 e. The number of nitrogen functional groups attached to an aromatic ring is 2. The van der Waals surface area contributed by atoms with Gasteiger partial charge in [0.15, 0.2) is 19.7 Å². The van der Waals surface area contributed by atoms with Crippen molar-refractivity contribution in [2.45, 2.75) is 113 Å². The number of hydrogen-bond donors (Lipinski definition) is 4. The van der Waals surface area contributed by atoms with E-state index in [0.29, 0.717) is 59.7 Å². The minimum atomic E-state index is -3.71. The second-order valence-electron chi connectivity index (χ2n) is 16.1. The summed E-state index contributed by atoms with van der Waals surface area (Å²) in [7, 11) is -7.42. The van der Waals surface area contributed by atoms with Gasteiger partial charge in [0.2, 0.25) is 6.79 Å². The Bertz CT molecular complexity index is 2090. The minimum Gasteiger partial charge on any atom is -0.458 e. The molecule has 57 heavy (non-hydrogen) atoms. The van der Waals surface area contributed by atoms with Crippen LogP contribution >= 0.6 is 0 Å². The standard InChI is InChI=1S/C45H58N2O8S2/c1-5-9-23-44(7-3)27-56(50,51)38-21-15-32(46)25-36(38)40(42(44)48)30-11-17-34(18-12-30)54-29-55-35-19-13-31(14-20-35)41-37-26-33(47)16-22-39(37)57(52,53)28-45(8-4,43(41)49)24-10-6-2/h11-22,25-26,40-43,48-49H,5-10,23-24,27-29,46-47H2,1-4H3/t40-,41-,42-,43-,44+,45+/m1/s1. The van der Waals surface area contributed by atoms with E-state index in [1.165, 1.54) is 0 Å². The second kappa shape index (κ2) is 17.0. The van der Waals surface area contributed by atoms with Gasteiger partial charge in [0.25, 0.3) is 0 Å². The van der Waals surface area contributed by atoms with E-state index in [9.17, 15) is 27.0 Å². The van der Waals surface area contributed by atoms with E-state index in [4.69, 9.17) is 20.9 Å². The number of fused-ring (bicyclic) bond motifs is 2. The SMILES string of the molecule is CCCC[C@@]1(CC)CS(=O)(=O)c2ccc(N)cc2[C@@H](c2ccc(OCOc3ccc([C@@H]4c5cc(N)ccc5S(=O)(=O)C[C@](CC)(CCCC)[C@@H]4O)cc3)cc2)[C@H]1O. The smallest absolute Gasteiger partial charge is 0.230 e. The molecule has 6 atom stereocenters. The fraction of sp³-hybridized carbons (Fsp3) is 0.467. The summed E-state index contributed by atoms with van der Waals surface area (Å²) in [4.78, 5) is 0.417. The predicted octanol–water partition coefficient (Wildman–Crippen LogP) is 8.00. The van der Waals surface area contributed by atoms with Gasteiger partial charge in [0, 0.05) is 34.0 Å². The molecule has 0 spiro atoms. The van der Waals surface area contributed by atoms with E-state index in [-0.39, 0.29) is 28.1 Å². The molecule has 0 aromatic heterocycles. The number of sulfone groups is 2. The molecule has 0 unspecified atom stereocenters. The van der Waals surface area contributed by atoms with Crippen molar-refractivity contribution >= 4 is 31.0 Å². The fourth-order valence-corrected chi connectivity index (χ4v) is 13.7. The Labute approximate surface area is 338 Å². The summed E-state index contributed by atoms with van der Waals surface area (Å²) in [6, 6.07) is 24.2. The molecule has 0 radical (unpaired) electrons. The number of nitrogens with two attached hydrogens (primary N) is 2. The van der Waals surface area contributed by atoms with Crippen LogP contribution in [0.25, 0.3) is 0 Å². The quantitative estimate of drug-likeness (QED) is 0.0720. The third-order valence-electron chi connectivity index (χ3n) is 12.6. The maximum absolute atomic E-state index is 13.8. The summed E-state index contributed by atoms with van der Waals surface area (Å²) in [5.74, 6) is -0.460. The van der Waals surface area contributed by atoms with Gasteiger partial charge in [-0.15, -0.1) is 0 Å². The molecular formula is C45H58N2O8S2. The lowest BCUT2D eigenvalue weighted by molar-refractivity contribution is 0.0173. The van der Waals surface area contributed by atoms with Crippen LogP contribution in [0.15, 0.2) is 94.7 Å². The van der Waals surface area contributed by atoms with Crippen molar-refractivity contribution in [1.82, 2.24) is 0 Å². The Morgan fingerprint density at radius 1 is 0.596 bits per heavy atom. The van der Waals surface area contributed by atoms with Gasteiger partial charge in [-0.05, 0) is 109 Å². The zero-order chi connectivity index (χ0) is 41.2. The van der Waals surface area contributed by atoms with Gasteiger partial charge in [-0.3, -0.25) is 0 Å². The van der Waals surface area contributed by atoms with Crippen molar-refractivity contribution in [3.63, 3.8) is 0 Å². The first-order chi connectivity index (χ1) is 27.1. The summed E-state index contributed by atoms with van der Waals surface area (Å²) in [5, 5.41) is 24.3. The first-order valence-corrected chi connectivity index (χ1v) is 23.5. The van der Waals surface area contributed by atoms with Crippen LogP contribution in [0.1, 0.15) is 113 Å². The number of anilines is 2. The molecule has 2 heterocycles. The summed E-state index contributed by atoms with van der Waals surface area (Å²) in [5.41, 5.74) is 14.1. The van der Waals surface area contributed by atoms with Gasteiger partial charge < -0.3 is 31.2 Å². The highest BCUT2D eigenvalue weighted by molar-refractivity contribution is 7.91. The van der Waals surface area contributed by atoms with Gasteiger partial charge in [0.05, 0.1) is 33.5 Å². The highest BCUT2D eigenvalue weighted by atomic mass is 32.2. The molecule has 10 nitrogen and oxygen atoms in total. The van der Waals surface area contributed by atoms with Crippen molar-refractivity contribution in [2.75, 3.05) is 29.8 Å². The van der Waals surface area contributed by atoms with Crippen molar-refractivity contribution in [1.29, 1.82) is 0 Å². The molecule has 0 aliphatic carbocycles. The molecule has 2 aliphatic rings. The monoisotopic (exact) mass is 818 g/mol. The van der Waals surface area contributed by atoms with Crippen LogP contribution in [-0.4, -0.2) is 57.6 Å². The zero-order valence-electron chi connectivity index (χ0n) is 33.5. The van der Waals surface area contributed by atoms with E-state index in [1.807, 2.05) is 38.1 Å². The van der Waals surface area contributed by atoms with Crippen molar-refractivity contribution in [3.8, 4) is 11.5 Å². The molecule has 0 bridgehead atoms. The number of ether oxygens (including phenoxy) is 2. The fourth-order valence-electron chi connectivity index (χ4n) is 9.22. The lowest BCUT2D eigenvalue weighted by Gasteiger charge is -2.39. The van der Waals surface area contributed by atoms with E-state index in [1.54, 1.807) is 60.7 Å². The Balaban J connectivity index is 1.22. The Kier molecular flexibility index (Phi) is 12.7. The normalized spacial score (nSPS) is 26.4. The van der Waals surface area contributed by atoms with Crippen LogP contribution in [0, 0.1) is 10.8 Å². The average Bonchev–Trinajstić information content (AvgIpc) is 3.30. The molecule has 0 fully saturated rings. The van der Waals surface area contributed by atoms with Gasteiger partial charge >= 0.3 is 0 Å². The molecule has 0 amide bonds. The van der Waals surface area contributed by atoms with E-state index in [0.717, 1.165) is 36.8 Å². The van der Waals surface area contributed by atoms with Gasteiger partial charge in [0.1, 0.15) is 11.5 Å². The Hall–Kier alpha value is -4.10. The minimum absolute atomic E-state index is 0.113. The highest BCUT2D eigenvalue weighted by Gasteiger charge is 2.50. The van der Waals surface area contributed by atoms with Gasteiger partial charge in [-0.1, -0.05) is 77.6 Å². The van der Waals surface area contributed by atoms with Crippen LogP contribution < -0.4 is 20.9 Å². The van der Waals surface area contributed by atoms with Crippen LogP contribution in [0.2, 0.25) is 0 Å². The van der Waals surface area contributed by atoms with Crippen molar-refractivity contribution in [2.24, 2.45) is 10.8 Å². The summed E-state index contributed by atoms with van der Waals surface area (Å²) >= 11 is 0. The maximum atomic E-state index is 13.8. The molecule has 6 N–H and O–H groups in total. The summed E-state index contributed by atoms with van der Waals surface area (Å²) < 4.78 is 67.2. The average molecular weight is 819 g/mol. The third-order valence-corrected chi connectivity index (χ3v) is 16.6. The lowest BCUT2D eigenvalue weighted by Crippen LogP contribution is -2.42. The van der Waals surface area contributed by atoms with E-state index < -0.39 is 54.5 Å². The topological polar surface area (TPSA) is 179 Å². The first-order valence-electron chi connectivity index (χ1n) is 20.2. The number of benzene rings is 4. The molecule has 6 rings (SSSR count). The van der Waals surface area contributed by atoms with Crippen LogP contribution in [0.4, 0.5) is 11.4 Å². The molecule has 0 saturated carbocycles. The molecule has 12 heteroatoms. The van der Waals surface area contributed by atoms with Crippen LogP contribution in [0.5, 0.6) is 11.5 Å². The lowest BCUT2D eigenvalue weighted by atomic mass is 9.69. The number of aliphatic hydroxyl groups is 2. The number of unbranched alkanes of at least 4 members (excludes halogenated alkanes) is 2. The Morgan fingerprint density at radius 2 is 0.965 bits per heavy atom. The molecule has 4 aromatic carbocycles. The van der Waals surface area contributed by atoms with Crippen LogP contribution in [-0.2, 0) is 19.7 Å². The molecule has 308 valence electrons. The molecular weight excluding hydrogens is 761 g/mol. The summed E-state index contributed by atoms with van der Waals surface area (Å²) in [6.45, 7) is 7.91. The second-order valence-corrected chi connectivity index (χ2v) is 20.1. The van der Waals surface area contributed by atoms with Gasteiger partial charge in [-0.2, -0.15) is 0 Å². The van der Waals surface area contributed by atoms with Crippen molar-refractivity contribution < 1.29 is 36.5 Å². The zero-order valence-corrected chi connectivity index (χ0v) is 35.1. The molecule has 4 aromatic rings. The highest BCUT2D eigenvalue weighted by Crippen LogP contribution is 2.51.